The van der Waals surface area contributed by atoms with Crippen LogP contribution in [-0.4, -0.2) is 54.3 Å². The summed E-state index contributed by atoms with van der Waals surface area (Å²) in [6, 6.07) is 7.88. The van der Waals surface area contributed by atoms with Crippen LogP contribution in [0.2, 0.25) is 0 Å². The van der Waals surface area contributed by atoms with Gasteiger partial charge in [0.25, 0.3) is 5.89 Å². The Morgan fingerprint density at radius 1 is 1.06 bits per heavy atom. The molecule has 1 saturated heterocycles. The molecule has 1 atom stereocenters. The molecule has 34 heavy (non-hydrogen) atoms. The van der Waals surface area contributed by atoms with Gasteiger partial charge < -0.3 is 4.42 Å². The monoisotopic (exact) mass is 473 g/mol. The van der Waals surface area contributed by atoms with Gasteiger partial charge in [-0.25, -0.2) is 13.5 Å². The van der Waals surface area contributed by atoms with Crippen molar-refractivity contribution in [3.05, 3.63) is 65.6 Å². The first-order valence-corrected chi connectivity index (χ1v) is 10.6. The molecule has 5 rings (SSSR count). The summed E-state index contributed by atoms with van der Waals surface area (Å²) in [6.07, 6.45) is 0.285. The molecular formula is C22H19F4N7O. The highest BCUT2D eigenvalue weighted by Crippen LogP contribution is 2.25. The van der Waals surface area contributed by atoms with Gasteiger partial charge in [-0.1, -0.05) is 17.3 Å². The molecule has 0 spiro atoms. The van der Waals surface area contributed by atoms with Gasteiger partial charge >= 0.3 is 6.43 Å². The van der Waals surface area contributed by atoms with Crippen LogP contribution in [0.25, 0.3) is 22.8 Å². The first-order valence-electron chi connectivity index (χ1n) is 10.6. The maximum atomic E-state index is 14.6. The first-order chi connectivity index (χ1) is 16.4. The zero-order valence-electron chi connectivity index (χ0n) is 17.8. The molecule has 1 aliphatic heterocycles. The number of hydrogen-bond donors (Lipinski definition) is 0. The Labute approximate surface area is 191 Å². The fourth-order valence-electron chi connectivity index (χ4n) is 3.77. The van der Waals surface area contributed by atoms with Crippen LogP contribution in [0, 0.1) is 5.82 Å². The first kappa shape index (κ1) is 22.1. The van der Waals surface area contributed by atoms with Gasteiger partial charge in [-0.05, 0) is 30.2 Å². The van der Waals surface area contributed by atoms with Crippen molar-refractivity contribution >= 4 is 0 Å². The van der Waals surface area contributed by atoms with E-state index >= 15 is 0 Å². The van der Waals surface area contributed by atoms with Crippen LogP contribution in [0.5, 0.6) is 0 Å². The van der Waals surface area contributed by atoms with E-state index in [9.17, 15) is 17.6 Å². The topological polar surface area (TPSA) is 85.8 Å². The van der Waals surface area contributed by atoms with Crippen molar-refractivity contribution in [2.75, 3.05) is 13.1 Å². The molecule has 1 aromatic carbocycles. The van der Waals surface area contributed by atoms with E-state index in [-0.39, 0.29) is 18.0 Å². The predicted octanol–water partition coefficient (Wildman–Crippen LogP) is 4.06. The van der Waals surface area contributed by atoms with Gasteiger partial charge in [0, 0.05) is 37.0 Å². The third kappa shape index (κ3) is 4.81. The van der Waals surface area contributed by atoms with Crippen LogP contribution in [0.4, 0.5) is 17.6 Å². The fraction of sp³-hybridized carbons (Fsp3) is 0.318. The molecule has 1 aliphatic rings. The summed E-state index contributed by atoms with van der Waals surface area (Å²) < 4.78 is 59.5. The quantitative estimate of drug-likeness (QED) is 0.374. The average molecular weight is 473 g/mol. The number of alkyl halides is 3. The van der Waals surface area contributed by atoms with Gasteiger partial charge in [-0.2, -0.15) is 8.78 Å². The molecule has 0 amide bonds. The van der Waals surface area contributed by atoms with E-state index < -0.39 is 24.3 Å². The van der Waals surface area contributed by atoms with Crippen LogP contribution in [-0.2, 0) is 13.1 Å². The van der Waals surface area contributed by atoms with Crippen molar-refractivity contribution in [3.8, 4) is 22.8 Å². The Morgan fingerprint density at radius 3 is 2.62 bits per heavy atom. The van der Waals surface area contributed by atoms with Gasteiger partial charge in [0.2, 0.25) is 5.89 Å². The zero-order valence-corrected chi connectivity index (χ0v) is 17.8. The van der Waals surface area contributed by atoms with Crippen LogP contribution < -0.4 is 0 Å². The Morgan fingerprint density at radius 2 is 1.94 bits per heavy atom. The van der Waals surface area contributed by atoms with Crippen LogP contribution in [0.1, 0.15) is 29.9 Å². The van der Waals surface area contributed by atoms with E-state index in [1.807, 2.05) is 17.0 Å². The van der Waals surface area contributed by atoms with Crippen molar-refractivity contribution in [1.29, 1.82) is 0 Å². The minimum Gasteiger partial charge on any atom is -0.415 e. The lowest BCUT2D eigenvalue weighted by Crippen LogP contribution is -2.20. The van der Waals surface area contributed by atoms with Crippen molar-refractivity contribution in [1.82, 2.24) is 35.1 Å². The molecule has 8 nitrogen and oxygen atoms in total. The maximum Gasteiger partial charge on any atom is 0.314 e. The van der Waals surface area contributed by atoms with Crippen molar-refractivity contribution in [2.24, 2.45) is 0 Å². The molecule has 4 heterocycles. The second-order valence-corrected chi connectivity index (χ2v) is 8.03. The average Bonchev–Trinajstić information content (AvgIpc) is 3.57. The molecule has 0 radical (unpaired) electrons. The van der Waals surface area contributed by atoms with Crippen molar-refractivity contribution in [2.45, 2.75) is 32.1 Å². The highest BCUT2D eigenvalue weighted by atomic mass is 19.3. The molecule has 0 N–H and O–H groups in total. The number of pyridine rings is 1. The summed E-state index contributed by atoms with van der Waals surface area (Å²) >= 11 is 0. The minimum absolute atomic E-state index is 0.0999. The van der Waals surface area contributed by atoms with Crippen LogP contribution in [0.15, 0.2) is 47.1 Å². The summed E-state index contributed by atoms with van der Waals surface area (Å²) in [4.78, 5) is 6.47. The number of rotatable bonds is 7. The van der Waals surface area contributed by atoms with Gasteiger partial charge in [0.15, 0.2) is 0 Å². The number of benzene rings is 1. The number of nitrogens with zero attached hydrogens (tertiary/aromatic N) is 7. The van der Waals surface area contributed by atoms with Crippen molar-refractivity contribution < 1.29 is 22.0 Å². The largest absolute Gasteiger partial charge is 0.415 e. The van der Waals surface area contributed by atoms with E-state index in [4.69, 9.17) is 4.42 Å². The zero-order chi connectivity index (χ0) is 23.7. The second-order valence-electron chi connectivity index (χ2n) is 8.03. The summed E-state index contributed by atoms with van der Waals surface area (Å²) in [5.41, 5.74) is 2.63. The molecule has 0 unspecified atom stereocenters. The second kappa shape index (κ2) is 9.29. The Balaban J connectivity index is 1.25. The molecule has 4 aromatic rings. The maximum absolute atomic E-state index is 14.6. The summed E-state index contributed by atoms with van der Waals surface area (Å²) in [5.74, 6) is -1.58. The third-order valence-electron chi connectivity index (χ3n) is 5.51. The van der Waals surface area contributed by atoms with Gasteiger partial charge in [-0.3, -0.25) is 9.88 Å². The van der Waals surface area contributed by atoms with E-state index in [0.29, 0.717) is 36.5 Å². The van der Waals surface area contributed by atoms with Crippen LogP contribution in [0.3, 0.4) is 0 Å². The molecule has 0 bridgehead atoms. The van der Waals surface area contributed by atoms with Crippen molar-refractivity contribution in [3.63, 3.8) is 0 Å². The highest BCUT2D eigenvalue weighted by molar-refractivity contribution is 5.54. The molecular weight excluding hydrogens is 454 g/mol. The van der Waals surface area contributed by atoms with E-state index in [1.165, 1.54) is 16.8 Å². The molecule has 0 aliphatic carbocycles. The minimum atomic E-state index is -2.90. The lowest BCUT2D eigenvalue weighted by Gasteiger charge is -2.14. The molecule has 176 valence electrons. The van der Waals surface area contributed by atoms with E-state index in [1.54, 1.807) is 12.4 Å². The lowest BCUT2D eigenvalue weighted by atomic mass is 10.1. The summed E-state index contributed by atoms with van der Waals surface area (Å²) in [5, 5.41) is 14.9. The lowest BCUT2D eigenvalue weighted by molar-refractivity contribution is 0.116. The molecule has 0 saturated carbocycles. The molecule has 12 heteroatoms. The smallest absolute Gasteiger partial charge is 0.314 e. The number of aromatic nitrogens is 6. The van der Waals surface area contributed by atoms with Gasteiger partial charge in [0.05, 0.1) is 18.4 Å². The Bertz CT molecular complexity index is 1270. The Hall–Kier alpha value is -3.67. The van der Waals surface area contributed by atoms with E-state index in [2.05, 4.69) is 25.5 Å². The van der Waals surface area contributed by atoms with Crippen LogP contribution >= 0.6 is 0 Å². The summed E-state index contributed by atoms with van der Waals surface area (Å²) in [6.45, 7) is 1.92. The molecule has 3 aromatic heterocycles. The normalized spacial score (nSPS) is 16.6. The number of hydrogen-bond acceptors (Lipinski definition) is 7. The van der Waals surface area contributed by atoms with Gasteiger partial charge in [0.1, 0.15) is 17.7 Å². The third-order valence-corrected chi connectivity index (χ3v) is 5.51. The molecule has 1 fully saturated rings. The Kier molecular flexibility index (Phi) is 6.05. The van der Waals surface area contributed by atoms with Gasteiger partial charge in [-0.15, -0.1) is 15.3 Å². The predicted molar refractivity (Wildman–Crippen MR) is 112 cm³/mol. The number of halogens is 4. The SMILES string of the molecule is Fc1cc(-c2nnc(C(F)F)o2)ccc1Cn1cc(-c2ccc(CN3CC[C@@H](F)C3)cn2)nn1. The summed E-state index contributed by atoms with van der Waals surface area (Å²) in [7, 11) is 0. The number of likely N-dealkylation sites (tertiary alicyclic amines) is 1. The standard InChI is InChI=1S/C22H19F4N7O/c23-16-5-6-32(11-16)9-13-1-4-18(27-8-13)19-12-33(31-28-19)10-15-3-2-14(7-17(15)24)21-29-30-22(34-21)20(25)26/h1-4,7-8,12,16,20H,5-6,9-11H2/t16-/m1/s1. The van der Waals surface area contributed by atoms with E-state index in [0.717, 1.165) is 18.2 Å². The fourth-order valence-corrected chi connectivity index (χ4v) is 3.77. The highest BCUT2D eigenvalue weighted by Gasteiger charge is 2.22.